The maximum Gasteiger partial charge on any atom is 0.198 e. The molecule has 0 N–H and O–H groups in total. The van der Waals surface area contributed by atoms with Gasteiger partial charge in [0, 0.05) is 5.92 Å². The Balaban J connectivity index is 2.46. The van der Waals surface area contributed by atoms with Gasteiger partial charge >= 0.3 is 0 Å². The molecular weight excluding hydrogens is 140 g/mol. The molecule has 1 rings (SSSR count). The van der Waals surface area contributed by atoms with E-state index in [0.29, 0.717) is 6.29 Å². The standard InChI is InChI=1S/C9H12O2/c10-7-9(11)8-5-3-1-2-4-6-8/h1-2,7-8H,3-6H2. The first kappa shape index (κ1) is 8.18. The fraction of sp³-hybridized carbons (Fsp3) is 0.556. The van der Waals surface area contributed by atoms with E-state index < -0.39 is 0 Å². The number of aldehydes is 1. The first-order valence-electron chi connectivity index (χ1n) is 3.98. The molecule has 1 aliphatic rings. The van der Waals surface area contributed by atoms with Crippen molar-refractivity contribution in [2.24, 2.45) is 5.92 Å². The summed E-state index contributed by atoms with van der Waals surface area (Å²) < 4.78 is 0. The van der Waals surface area contributed by atoms with Crippen molar-refractivity contribution in [3.63, 3.8) is 0 Å². The molecule has 0 unspecified atom stereocenters. The van der Waals surface area contributed by atoms with Gasteiger partial charge in [0.25, 0.3) is 0 Å². The van der Waals surface area contributed by atoms with E-state index in [1.54, 1.807) is 0 Å². The topological polar surface area (TPSA) is 34.1 Å². The van der Waals surface area contributed by atoms with E-state index in [-0.39, 0.29) is 11.7 Å². The van der Waals surface area contributed by atoms with Gasteiger partial charge in [0.2, 0.25) is 0 Å². The molecule has 0 radical (unpaired) electrons. The van der Waals surface area contributed by atoms with Crippen LogP contribution in [0.4, 0.5) is 0 Å². The minimum absolute atomic E-state index is 0.0116. The fourth-order valence-electron chi connectivity index (χ4n) is 1.36. The molecule has 2 heteroatoms. The quantitative estimate of drug-likeness (QED) is 0.341. The minimum Gasteiger partial charge on any atom is -0.295 e. The molecule has 0 aliphatic heterocycles. The molecule has 0 bridgehead atoms. The van der Waals surface area contributed by atoms with Gasteiger partial charge in [0.15, 0.2) is 12.1 Å². The molecule has 0 aromatic carbocycles. The van der Waals surface area contributed by atoms with Crippen LogP contribution in [0.5, 0.6) is 0 Å². The van der Waals surface area contributed by atoms with Crippen LogP contribution in [0.2, 0.25) is 0 Å². The molecule has 0 heterocycles. The Bertz CT molecular complexity index is 172. The molecule has 0 aromatic heterocycles. The molecule has 11 heavy (non-hydrogen) atoms. The number of Topliss-reactive ketones (excluding diaryl/α,β-unsaturated/α-hetero) is 1. The zero-order chi connectivity index (χ0) is 8.10. The van der Waals surface area contributed by atoms with Crippen molar-refractivity contribution >= 4 is 12.1 Å². The average Bonchev–Trinajstić information content (AvgIpc) is 2.30. The van der Waals surface area contributed by atoms with Crippen molar-refractivity contribution in [3.8, 4) is 0 Å². The first-order chi connectivity index (χ1) is 5.34. The van der Waals surface area contributed by atoms with Gasteiger partial charge in [-0.05, 0) is 25.7 Å². The molecule has 2 nitrogen and oxygen atoms in total. The number of hydrogen-bond donors (Lipinski definition) is 0. The van der Waals surface area contributed by atoms with Crippen molar-refractivity contribution in [2.45, 2.75) is 25.7 Å². The molecule has 0 saturated carbocycles. The van der Waals surface area contributed by atoms with E-state index in [4.69, 9.17) is 0 Å². The van der Waals surface area contributed by atoms with Gasteiger partial charge in [-0.25, -0.2) is 0 Å². The van der Waals surface area contributed by atoms with Crippen LogP contribution >= 0.6 is 0 Å². The smallest absolute Gasteiger partial charge is 0.198 e. The van der Waals surface area contributed by atoms with E-state index in [1.807, 2.05) is 0 Å². The molecule has 0 atom stereocenters. The summed E-state index contributed by atoms with van der Waals surface area (Å²) in [6.07, 6.45) is 8.17. The number of ketones is 1. The number of carbonyl (C=O) groups is 2. The van der Waals surface area contributed by atoms with Gasteiger partial charge in [-0.1, -0.05) is 12.2 Å². The Kier molecular flexibility index (Phi) is 3.02. The van der Waals surface area contributed by atoms with Crippen LogP contribution in [0, 0.1) is 5.92 Å². The van der Waals surface area contributed by atoms with Crippen molar-refractivity contribution in [3.05, 3.63) is 12.2 Å². The third-order valence-corrected chi connectivity index (χ3v) is 2.05. The maximum atomic E-state index is 10.9. The Morgan fingerprint density at radius 1 is 1.27 bits per heavy atom. The molecule has 0 fully saturated rings. The minimum atomic E-state index is -0.228. The van der Waals surface area contributed by atoms with Crippen LogP contribution in [0.3, 0.4) is 0 Å². The summed E-state index contributed by atoms with van der Waals surface area (Å²) in [7, 11) is 0. The highest BCUT2D eigenvalue weighted by atomic mass is 16.2. The van der Waals surface area contributed by atoms with Crippen molar-refractivity contribution in [1.82, 2.24) is 0 Å². The Morgan fingerprint density at radius 2 is 1.82 bits per heavy atom. The third-order valence-electron chi connectivity index (χ3n) is 2.05. The summed E-state index contributed by atoms with van der Waals surface area (Å²) in [5, 5.41) is 0. The van der Waals surface area contributed by atoms with Crippen LogP contribution < -0.4 is 0 Å². The zero-order valence-electron chi connectivity index (χ0n) is 6.45. The normalized spacial score (nSPS) is 19.3. The lowest BCUT2D eigenvalue weighted by molar-refractivity contribution is -0.132. The zero-order valence-corrected chi connectivity index (χ0v) is 6.45. The molecule has 0 spiro atoms. The SMILES string of the molecule is O=CC(=O)C1CCC=CCC1. The monoisotopic (exact) mass is 152 g/mol. The van der Waals surface area contributed by atoms with Gasteiger partial charge in [-0.3, -0.25) is 9.59 Å². The van der Waals surface area contributed by atoms with E-state index in [1.165, 1.54) is 0 Å². The first-order valence-corrected chi connectivity index (χ1v) is 3.98. The van der Waals surface area contributed by atoms with Gasteiger partial charge in [0.05, 0.1) is 0 Å². The predicted molar refractivity (Wildman–Crippen MR) is 42.2 cm³/mol. The molecule has 60 valence electrons. The maximum absolute atomic E-state index is 10.9. The number of allylic oxidation sites excluding steroid dienone is 2. The second kappa shape index (κ2) is 4.06. The second-order valence-corrected chi connectivity index (χ2v) is 2.84. The van der Waals surface area contributed by atoms with Gasteiger partial charge in [-0.15, -0.1) is 0 Å². The summed E-state index contributed by atoms with van der Waals surface area (Å²) in [6.45, 7) is 0. The highest BCUT2D eigenvalue weighted by molar-refractivity contribution is 6.25. The largest absolute Gasteiger partial charge is 0.295 e. The third kappa shape index (κ3) is 2.30. The van der Waals surface area contributed by atoms with Crippen LogP contribution in [-0.4, -0.2) is 12.1 Å². The van der Waals surface area contributed by atoms with E-state index in [9.17, 15) is 9.59 Å². The van der Waals surface area contributed by atoms with Gasteiger partial charge in [0.1, 0.15) is 0 Å². The molecule has 1 aliphatic carbocycles. The summed E-state index contributed by atoms with van der Waals surface area (Å²) in [6, 6.07) is 0. The summed E-state index contributed by atoms with van der Waals surface area (Å²) in [5.74, 6) is -0.240. The number of rotatable bonds is 2. The Hall–Kier alpha value is -0.920. The number of carbonyl (C=O) groups excluding carboxylic acids is 2. The highest BCUT2D eigenvalue weighted by Crippen LogP contribution is 2.18. The van der Waals surface area contributed by atoms with Crippen molar-refractivity contribution in [2.75, 3.05) is 0 Å². The lowest BCUT2D eigenvalue weighted by Crippen LogP contribution is -2.14. The summed E-state index contributed by atoms with van der Waals surface area (Å²) in [5.41, 5.74) is 0. The fourth-order valence-corrected chi connectivity index (χ4v) is 1.36. The van der Waals surface area contributed by atoms with Gasteiger partial charge in [-0.2, -0.15) is 0 Å². The van der Waals surface area contributed by atoms with Crippen molar-refractivity contribution < 1.29 is 9.59 Å². The Morgan fingerprint density at radius 3 is 2.27 bits per heavy atom. The lowest BCUT2D eigenvalue weighted by Gasteiger charge is -2.06. The van der Waals surface area contributed by atoms with Crippen LogP contribution in [0.25, 0.3) is 0 Å². The van der Waals surface area contributed by atoms with Crippen LogP contribution in [0.15, 0.2) is 12.2 Å². The lowest BCUT2D eigenvalue weighted by atomic mass is 9.96. The van der Waals surface area contributed by atoms with Crippen LogP contribution in [0.1, 0.15) is 25.7 Å². The molecule has 0 aromatic rings. The summed E-state index contributed by atoms with van der Waals surface area (Å²) >= 11 is 0. The van der Waals surface area contributed by atoms with E-state index in [0.717, 1.165) is 25.7 Å². The molecule has 0 amide bonds. The van der Waals surface area contributed by atoms with Crippen LogP contribution in [-0.2, 0) is 9.59 Å². The highest BCUT2D eigenvalue weighted by Gasteiger charge is 2.16. The number of hydrogen-bond acceptors (Lipinski definition) is 2. The summed E-state index contributed by atoms with van der Waals surface area (Å²) in [4.78, 5) is 21.1. The molecule has 0 saturated heterocycles. The van der Waals surface area contributed by atoms with E-state index in [2.05, 4.69) is 12.2 Å². The average molecular weight is 152 g/mol. The van der Waals surface area contributed by atoms with E-state index >= 15 is 0 Å². The molecular formula is C9H12O2. The Labute approximate surface area is 66.3 Å². The van der Waals surface area contributed by atoms with Crippen molar-refractivity contribution in [1.29, 1.82) is 0 Å². The second-order valence-electron chi connectivity index (χ2n) is 2.84. The predicted octanol–water partition coefficient (Wildman–Crippen LogP) is 1.50. The van der Waals surface area contributed by atoms with Gasteiger partial charge < -0.3 is 0 Å².